The molecule has 1 N–H and O–H groups in total. The van der Waals surface area contributed by atoms with Crippen molar-refractivity contribution in [3.8, 4) is 0 Å². The highest BCUT2D eigenvalue weighted by molar-refractivity contribution is 8.00. The van der Waals surface area contributed by atoms with Crippen molar-refractivity contribution in [2.45, 2.75) is 50.3 Å². The first-order valence-electron chi connectivity index (χ1n) is 8.12. The fraction of sp³-hybridized carbons (Fsp3) is 0.350. The highest BCUT2D eigenvalue weighted by Gasteiger charge is 2.17. The second-order valence-corrected chi connectivity index (χ2v) is 7.31. The molecule has 0 saturated heterocycles. The van der Waals surface area contributed by atoms with Crippen LogP contribution in [0.2, 0.25) is 0 Å². The first-order chi connectivity index (χ1) is 11.0. The number of hydrogen-bond donors (Lipinski definition) is 1. The fourth-order valence-electron chi connectivity index (χ4n) is 2.33. The Balaban J connectivity index is 1.92. The van der Waals surface area contributed by atoms with Gasteiger partial charge in [0.25, 0.3) is 0 Å². The molecule has 0 radical (unpaired) electrons. The predicted octanol–water partition coefficient (Wildman–Crippen LogP) is 4.92. The summed E-state index contributed by atoms with van der Waals surface area (Å²) in [6, 6.07) is 16.8. The average molecular weight is 327 g/mol. The summed E-state index contributed by atoms with van der Waals surface area (Å²) in [5, 5.41) is 2.99. The van der Waals surface area contributed by atoms with Crippen LogP contribution >= 0.6 is 11.8 Å². The van der Waals surface area contributed by atoms with Gasteiger partial charge in [-0.3, -0.25) is 4.79 Å². The van der Waals surface area contributed by atoms with Crippen LogP contribution in [0.25, 0.3) is 0 Å². The summed E-state index contributed by atoms with van der Waals surface area (Å²) >= 11 is 1.59. The maximum absolute atomic E-state index is 12.4. The Labute approximate surface area is 143 Å². The maximum atomic E-state index is 12.4. The van der Waals surface area contributed by atoms with E-state index in [1.54, 1.807) is 11.8 Å². The van der Waals surface area contributed by atoms with Crippen LogP contribution in [0.3, 0.4) is 0 Å². The lowest BCUT2D eigenvalue weighted by Gasteiger charge is -2.18. The minimum atomic E-state index is -0.116. The monoisotopic (exact) mass is 327 g/mol. The van der Waals surface area contributed by atoms with Crippen molar-refractivity contribution in [3.63, 3.8) is 0 Å². The molecule has 2 aromatic carbocycles. The summed E-state index contributed by atoms with van der Waals surface area (Å²) < 4.78 is 0. The average Bonchev–Trinajstić information content (AvgIpc) is 2.56. The van der Waals surface area contributed by atoms with E-state index < -0.39 is 0 Å². The van der Waals surface area contributed by atoms with Crippen LogP contribution in [-0.2, 0) is 11.2 Å². The minimum absolute atomic E-state index is 0.0227. The Bertz CT molecular complexity index is 634. The molecule has 122 valence electrons. The van der Waals surface area contributed by atoms with Crippen LogP contribution in [0.1, 0.15) is 43.5 Å². The Kier molecular flexibility index (Phi) is 6.28. The predicted molar refractivity (Wildman–Crippen MR) is 98.9 cm³/mol. The SMILES string of the molecule is CCc1ccc([C@H](C)NC(=O)[C@H](C)Sc2ccc(C)cc2)cc1. The molecule has 0 spiro atoms. The van der Waals surface area contributed by atoms with Gasteiger partial charge >= 0.3 is 0 Å². The van der Waals surface area contributed by atoms with Crippen LogP contribution in [0.5, 0.6) is 0 Å². The van der Waals surface area contributed by atoms with E-state index in [0.29, 0.717) is 0 Å². The van der Waals surface area contributed by atoms with E-state index in [1.165, 1.54) is 11.1 Å². The molecular formula is C20H25NOS. The van der Waals surface area contributed by atoms with Crippen LogP contribution in [0.15, 0.2) is 53.4 Å². The first kappa shape index (κ1) is 17.6. The summed E-state index contributed by atoms with van der Waals surface area (Å²) in [7, 11) is 0. The minimum Gasteiger partial charge on any atom is -0.349 e. The van der Waals surface area contributed by atoms with Crippen molar-refractivity contribution in [2.24, 2.45) is 0 Å². The molecule has 0 bridgehead atoms. The van der Waals surface area contributed by atoms with E-state index in [2.05, 4.69) is 67.7 Å². The van der Waals surface area contributed by atoms with Crippen molar-refractivity contribution in [2.75, 3.05) is 0 Å². The zero-order valence-electron chi connectivity index (χ0n) is 14.3. The summed E-state index contributed by atoms with van der Waals surface area (Å²) in [4.78, 5) is 13.5. The van der Waals surface area contributed by atoms with Crippen molar-refractivity contribution in [3.05, 3.63) is 65.2 Å². The van der Waals surface area contributed by atoms with Gasteiger partial charge in [0.1, 0.15) is 0 Å². The number of aryl methyl sites for hydroxylation is 2. The van der Waals surface area contributed by atoms with Gasteiger partial charge in [0.15, 0.2) is 0 Å². The maximum Gasteiger partial charge on any atom is 0.233 e. The second kappa shape index (κ2) is 8.21. The Morgan fingerprint density at radius 3 is 2.22 bits per heavy atom. The second-order valence-electron chi connectivity index (χ2n) is 5.90. The number of rotatable bonds is 6. The summed E-state index contributed by atoms with van der Waals surface area (Å²) in [5.74, 6) is 0.0719. The Morgan fingerprint density at radius 1 is 1.04 bits per heavy atom. The number of nitrogens with one attached hydrogen (secondary N) is 1. The molecule has 0 aliphatic heterocycles. The summed E-state index contributed by atoms with van der Waals surface area (Å²) in [6.45, 7) is 8.19. The highest BCUT2D eigenvalue weighted by atomic mass is 32.2. The number of hydrogen-bond acceptors (Lipinski definition) is 2. The van der Waals surface area contributed by atoms with E-state index in [4.69, 9.17) is 0 Å². The van der Waals surface area contributed by atoms with E-state index in [9.17, 15) is 4.79 Å². The molecule has 1 amide bonds. The highest BCUT2D eigenvalue weighted by Crippen LogP contribution is 2.24. The molecule has 0 aliphatic rings. The number of amides is 1. The summed E-state index contributed by atoms with van der Waals surface area (Å²) in [5.41, 5.74) is 3.69. The van der Waals surface area contributed by atoms with Gasteiger partial charge < -0.3 is 5.32 Å². The molecule has 2 aromatic rings. The van der Waals surface area contributed by atoms with Crippen molar-refractivity contribution >= 4 is 17.7 Å². The Hall–Kier alpha value is -1.74. The van der Waals surface area contributed by atoms with Gasteiger partial charge in [-0.2, -0.15) is 0 Å². The number of carbonyl (C=O) groups is 1. The zero-order chi connectivity index (χ0) is 16.8. The molecular weight excluding hydrogens is 302 g/mol. The third kappa shape index (κ3) is 5.14. The summed E-state index contributed by atoms with van der Waals surface area (Å²) in [6.07, 6.45) is 1.03. The smallest absolute Gasteiger partial charge is 0.233 e. The van der Waals surface area contributed by atoms with E-state index in [1.807, 2.05) is 13.8 Å². The van der Waals surface area contributed by atoms with Gasteiger partial charge in [0, 0.05) is 4.90 Å². The van der Waals surface area contributed by atoms with Crippen LogP contribution < -0.4 is 5.32 Å². The van der Waals surface area contributed by atoms with Crippen LogP contribution in [0, 0.1) is 6.92 Å². The van der Waals surface area contributed by atoms with E-state index in [0.717, 1.165) is 16.9 Å². The molecule has 0 aliphatic carbocycles. The van der Waals surface area contributed by atoms with E-state index in [-0.39, 0.29) is 17.2 Å². The van der Waals surface area contributed by atoms with Crippen molar-refractivity contribution < 1.29 is 4.79 Å². The number of carbonyl (C=O) groups excluding carboxylic acids is 1. The molecule has 0 fully saturated rings. The van der Waals surface area contributed by atoms with Crippen molar-refractivity contribution in [1.82, 2.24) is 5.32 Å². The van der Waals surface area contributed by atoms with E-state index >= 15 is 0 Å². The third-order valence-electron chi connectivity index (χ3n) is 3.95. The lowest BCUT2D eigenvalue weighted by atomic mass is 10.0. The normalized spacial score (nSPS) is 13.4. The molecule has 0 heterocycles. The molecule has 2 atom stereocenters. The van der Waals surface area contributed by atoms with Gasteiger partial charge in [-0.25, -0.2) is 0 Å². The van der Waals surface area contributed by atoms with Gasteiger partial charge in [0.2, 0.25) is 5.91 Å². The molecule has 23 heavy (non-hydrogen) atoms. The number of benzene rings is 2. The molecule has 2 nitrogen and oxygen atoms in total. The Morgan fingerprint density at radius 2 is 1.65 bits per heavy atom. The third-order valence-corrected chi connectivity index (χ3v) is 5.06. The molecule has 0 aromatic heterocycles. The topological polar surface area (TPSA) is 29.1 Å². The van der Waals surface area contributed by atoms with Crippen LogP contribution in [-0.4, -0.2) is 11.2 Å². The molecule has 3 heteroatoms. The first-order valence-corrected chi connectivity index (χ1v) is 9.00. The van der Waals surface area contributed by atoms with Crippen molar-refractivity contribution in [1.29, 1.82) is 0 Å². The zero-order valence-corrected chi connectivity index (χ0v) is 15.1. The lowest BCUT2D eigenvalue weighted by molar-refractivity contribution is -0.120. The quantitative estimate of drug-likeness (QED) is 0.763. The fourth-order valence-corrected chi connectivity index (χ4v) is 3.21. The van der Waals surface area contributed by atoms with Gasteiger partial charge in [-0.15, -0.1) is 11.8 Å². The van der Waals surface area contributed by atoms with Gasteiger partial charge in [-0.05, 0) is 50.5 Å². The van der Waals surface area contributed by atoms with Gasteiger partial charge in [-0.1, -0.05) is 48.9 Å². The lowest BCUT2D eigenvalue weighted by Crippen LogP contribution is -2.33. The standard InChI is InChI=1S/C20H25NOS/c1-5-17-8-10-18(11-9-17)15(3)21-20(22)16(4)23-19-12-6-14(2)7-13-19/h6-13,15-16H,5H2,1-4H3,(H,21,22)/t15-,16-/m0/s1. The molecule has 0 unspecified atom stereocenters. The molecule has 2 rings (SSSR count). The molecule has 0 saturated carbocycles. The van der Waals surface area contributed by atoms with Crippen LogP contribution in [0.4, 0.5) is 0 Å². The largest absolute Gasteiger partial charge is 0.349 e. The number of thioether (sulfide) groups is 1. The van der Waals surface area contributed by atoms with Gasteiger partial charge in [0.05, 0.1) is 11.3 Å².